The largest absolute Gasteiger partial charge is 0.481 e. The Balaban J connectivity index is 2.50. The van der Waals surface area contributed by atoms with Crippen LogP contribution in [-0.2, 0) is 19.1 Å². The molecule has 1 aliphatic rings. The molecule has 0 aliphatic carbocycles. The molecular weight excluding hydrogens is 302 g/mol. The lowest BCUT2D eigenvalue weighted by Gasteiger charge is -2.38. The van der Waals surface area contributed by atoms with Crippen molar-refractivity contribution in [1.82, 2.24) is 0 Å². The fourth-order valence-electron chi connectivity index (χ4n) is 2.65. The maximum absolute atomic E-state index is 12.7. The maximum Gasteiger partial charge on any atom is 0.326 e. The molecule has 0 bridgehead atoms. The zero-order valence-corrected chi connectivity index (χ0v) is 12.9. The molecule has 0 saturated heterocycles. The van der Waals surface area contributed by atoms with Gasteiger partial charge in [0, 0.05) is 5.56 Å². The number of carbonyl (C=O) groups excluding carboxylic acids is 3. The quantitative estimate of drug-likeness (QED) is 0.647. The summed E-state index contributed by atoms with van der Waals surface area (Å²) in [7, 11) is 0. The van der Waals surface area contributed by atoms with Gasteiger partial charge in [-0.1, -0.05) is 12.1 Å². The van der Waals surface area contributed by atoms with Gasteiger partial charge in [0.05, 0.1) is 18.7 Å². The molecule has 7 nitrogen and oxygen atoms in total. The van der Waals surface area contributed by atoms with E-state index >= 15 is 0 Å². The first-order valence-electron chi connectivity index (χ1n) is 7.14. The summed E-state index contributed by atoms with van der Waals surface area (Å²) in [5.74, 6) is -3.15. The van der Waals surface area contributed by atoms with Crippen molar-refractivity contribution in [2.75, 3.05) is 18.1 Å². The molecule has 2 rings (SSSR count). The Morgan fingerprint density at radius 1 is 1.26 bits per heavy atom. The van der Waals surface area contributed by atoms with Crippen LogP contribution in [0.1, 0.15) is 30.6 Å². The number of amides is 1. The second-order valence-electron chi connectivity index (χ2n) is 5.45. The molecule has 1 atom stereocenters. The van der Waals surface area contributed by atoms with Gasteiger partial charge in [-0.25, -0.2) is 0 Å². The number of aliphatic carboxylic acids is 1. The second-order valence-corrected chi connectivity index (χ2v) is 5.45. The van der Waals surface area contributed by atoms with Crippen LogP contribution in [0.5, 0.6) is 0 Å². The molecule has 1 aliphatic heterocycles. The molecule has 122 valence electrons. The van der Waals surface area contributed by atoms with Gasteiger partial charge >= 0.3 is 11.9 Å². The van der Waals surface area contributed by atoms with Crippen molar-refractivity contribution < 1.29 is 29.0 Å². The first-order chi connectivity index (χ1) is 10.8. The third-order valence-corrected chi connectivity index (χ3v) is 3.76. The van der Waals surface area contributed by atoms with E-state index in [1.165, 1.54) is 13.0 Å². The van der Waals surface area contributed by atoms with E-state index in [1.807, 2.05) is 0 Å². The Labute approximate surface area is 132 Å². The van der Waals surface area contributed by atoms with Gasteiger partial charge in [0.1, 0.15) is 12.0 Å². The number of rotatable bonds is 5. The number of ketones is 1. The van der Waals surface area contributed by atoms with Crippen molar-refractivity contribution in [3.8, 4) is 0 Å². The topological polar surface area (TPSA) is 101 Å². The molecule has 23 heavy (non-hydrogen) atoms. The Morgan fingerprint density at radius 2 is 1.91 bits per heavy atom. The maximum atomic E-state index is 12.7. The molecule has 0 aromatic heterocycles. The van der Waals surface area contributed by atoms with Crippen molar-refractivity contribution >= 4 is 29.3 Å². The predicted octanol–water partition coefficient (Wildman–Crippen LogP) is 1.26. The van der Waals surface area contributed by atoms with Crippen molar-refractivity contribution in [3.05, 3.63) is 29.8 Å². The van der Waals surface area contributed by atoms with Gasteiger partial charge in [0.2, 0.25) is 5.91 Å². The summed E-state index contributed by atoms with van der Waals surface area (Å²) < 4.78 is 4.85. The van der Waals surface area contributed by atoms with Gasteiger partial charge in [-0.3, -0.25) is 24.1 Å². The second kappa shape index (κ2) is 6.20. The number of carboxylic acid groups (broad SMARTS) is 1. The van der Waals surface area contributed by atoms with Crippen molar-refractivity contribution in [3.63, 3.8) is 0 Å². The van der Waals surface area contributed by atoms with Crippen molar-refractivity contribution in [2.24, 2.45) is 5.41 Å². The lowest BCUT2D eigenvalue weighted by molar-refractivity contribution is -0.144. The van der Waals surface area contributed by atoms with Crippen LogP contribution in [0.4, 0.5) is 5.69 Å². The number of esters is 1. The smallest absolute Gasteiger partial charge is 0.326 e. The lowest BCUT2D eigenvalue weighted by Crippen LogP contribution is -2.54. The SMILES string of the molecule is CCOC(=O)CN1C(=O)C(C)(CC(=O)O)C(=O)c2ccccc21. The van der Waals surface area contributed by atoms with Crippen LogP contribution in [0.3, 0.4) is 0 Å². The van der Waals surface area contributed by atoms with E-state index in [2.05, 4.69) is 0 Å². The summed E-state index contributed by atoms with van der Waals surface area (Å²) in [6.45, 7) is 2.72. The van der Waals surface area contributed by atoms with Crippen LogP contribution in [0, 0.1) is 5.41 Å². The lowest BCUT2D eigenvalue weighted by atomic mass is 9.74. The van der Waals surface area contributed by atoms with Gasteiger partial charge in [-0.2, -0.15) is 0 Å². The molecule has 0 saturated carbocycles. The molecule has 1 heterocycles. The highest BCUT2D eigenvalue weighted by Crippen LogP contribution is 2.39. The summed E-state index contributed by atoms with van der Waals surface area (Å²) in [5, 5.41) is 9.05. The molecule has 7 heteroatoms. The molecule has 1 unspecified atom stereocenters. The highest BCUT2D eigenvalue weighted by molar-refractivity contribution is 6.26. The fourth-order valence-corrected chi connectivity index (χ4v) is 2.65. The van der Waals surface area contributed by atoms with E-state index < -0.39 is 35.5 Å². The summed E-state index contributed by atoms with van der Waals surface area (Å²) in [6.07, 6.45) is -0.641. The standard InChI is InChI=1S/C16H17NO6/c1-3-23-13(20)9-17-11-7-5-4-6-10(11)14(21)16(2,15(17)22)8-12(18)19/h4-7H,3,8-9H2,1-2H3,(H,18,19). The molecule has 1 aromatic carbocycles. The van der Waals surface area contributed by atoms with E-state index in [1.54, 1.807) is 25.1 Å². The number of nitrogens with zero attached hydrogens (tertiary/aromatic N) is 1. The van der Waals surface area contributed by atoms with E-state index in [9.17, 15) is 19.2 Å². The minimum Gasteiger partial charge on any atom is -0.481 e. The monoisotopic (exact) mass is 319 g/mol. The minimum absolute atomic E-state index is 0.161. The van der Waals surface area contributed by atoms with Crippen molar-refractivity contribution in [1.29, 1.82) is 0 Å². The number of para-hydroxylation sites is 1. The Kier molecular flexibility index (Phi) is 4.49. The number of hydrogen-bond donors (Lipinski definition) is 1. The van der Waals surface area contributed by atoms with E-state index in [-0.39, 0.29) is 18.7 Å². The van der Waals surface area contributed by atoms with Gasteiger partial charge in [0.15, 0.2) is 5.78 Å². The van der Waals surface area contributed by atoms with Gasteiger partial charge in [0.25, 0.3) is 0 Å². The molecule has 0 radical (unpaired) electrons. The summed E-state index contributed by atoms with van der Waals surface area (Å²) in [4.78, 5) is 49.3. The van der Waals surface area contributed by atoms with Gasteiger partial charge in [-0.15, -0.1) is 0 Å². The first kappa shape index (κ1) is 16.7. The minimum atomic E-state index is -1.74. The van der Waals surface area contributed by atoms with Gasteiger partial charge in [-0.05, 0) is 26.0 Å². The van der Waals surface area contributed by atoms with E-state index in [0.717, 1.165) is 4.90 Å². The molecule has 1 amide bonds. The summed E-state index contributed by atoms with van der Waals surface area (Å²) in [6, 6.07) is 6.32. The van der Waals surface area contributed by atoms with Crippen LogP contribution < -0.4 is 4.90 Å². The third-order valence-electron chi connectivity index (χ3n) is 3.76. The Morgan fingerprint density at radius 3 is 2.52 bits per heavy atom. The molecular formula is C16H17NO6. The summed E-state index contributed by atoms with van der Waals surface area (Å²) >= 11 is 0. The number of carboxylic acids is 1. The van der Waals surface area contributed by atoms with Crippen LogP contribution in [-0.4, -0.2) is 41.9 Å². The number of fused-ring (bicyclic) bond motifs is 1. The zero-order valence-electron chi connectivity index (χ0n) is 12.9. The number of anilines is 1. The average Bonchev–Trinajstić information content (AvgIpc) is 2.49. The Hall–Kier alpha value is -2.70. The third kappa shape index (κ3) is 2.94. The zero-order chi connectivity index (χ0) is 17.2. The van der Waals surface area contributed by atoms with Crippen LogP contribution >= 0.6 is 0 Å². The van der Waals surface area contributed by atoms with Crippen LogP contribution in [0.25, 0.3) is 0 Å². The molecule has 0 spiro atoms. The van der Waals surface area contributed by atoms with E-state index in [4.69, 9.17) is 9.84 Å². The highest BCUT2D eigenvalue weighted by atomic mass is 16.5. The average molecular weight is 319 g/mol. The van der Waals surface area contributed by atoms with E-state index in [0.29, 0.717) is 5.69 Å². The van der Waals surface area contributed by atoms with Crippen LogP contribution in [0.15, 0.2) is 24.3 Å². The number of carbonyl (C=O) groups is 4. The number of hydrogen-bond acceptors (Lipinski definition) is 5. The number of benzene rings is 1. The molecule has 1 N–H and O–H groups in total. The molecule has 0 fully saturated rings. The summed E-state index contributed by atoms with van der Waals surface area (Å²) in [5.41, 5.74) is -1.23. The fraction of sp³-hybridized carbons (Fsp3) is 0.375. The molecule has 1 aromatic rings. The first-order valence-corrected chi connectivity index (χ1v) is 7.14. The Bertz CT molecular complexity index is 683. The van der Waals surface area contributed by atoms with Crippen LogP contribution in [0.2, 0.25) is 0 Å². The predicted molar refractivity (Wildman–Crippen MR) is 80.1 cm³/mol. The number of Topliss-reactive ketones (excluding diaryl/α,β-unsaturated/α-hetero) is 1. The highest BCUT2D eigenvalue weighted by Gasteiger charge is 2.51. The number of ether oxygens (including phenoxy) is 1. The van der Waals surface area contributed by atoms with Crippen molar-refractivity contribution in [2.45, 2.75) is 20.3 Å². The van der Waals surface area contributed by atoms with Gasteiger partial charge < -0.3 is 9.84 Å². The normalized spacial score (nSPS) is 20.2.